The lowest BCUT2D eigenvalue weighted by molar-refractivity contribution is -0.125. The summed E-state index contributed by atoms with van der Waals surface area (Å²) in [5.74, 6) is -1.47. The maximum Gasteiger partial charge on any atom is 0.269 e. The van der Waals surface area contributed by atoms with E-state index in [-0.39, 0.29) is 32.1 Å². The van der Waals surface area contributed by atoms with Crippen LogP contribution in [0.4, 0.5) is 22.7 Å². The summed E-state index contributed by atoms with van der Waals surface area (Å²) in [7, 11) is -5.65. The van der Waals surface area contributed by atoms with Gasteiger partial charge in [-0.15, -0.1) is 0 Å². The smallest absolute Gasteiger partial charge is 0.269 e. The van der Waals surface area contributed by atoms with Crippen LogP contribution in [0.3, 0.4) is 0 Å². The van der Waals surface area contributed by atoms with E-state index < -0.39 is 71.9 Å². The van der Waals surface area contributed by atoms with Crippen molar-refractivity contribution in [3.8, 4) is 11.5 Å². The van der Waals surface area contributed by atoms with Crippen LogP contribution in [0, 0.1) is 27.0 Å². The number of hydrogen-bond donors (Lipinski definition) is 8. The zero-order valence-corrected chi connectivity index (χ0v) is 53.9. The SMILES string of the molecule is CC(C)(C)[Si](C)(C)Cl.[C-]#[N+]c1ccc(N[C@@H](C(=O)NNC(=O)c2ccc(O)cc2)[C@H](C)O)c(C)c1Cl.[C-]#[N+]c1ccc(N[C@@H](C(=O)NNC(=O)c2ccc(O[Si](C)(C)C(C)(C)C)cc2)[C@H](C)O[Si](C)(C)C(C)(C)C)c(C)c1Cl. The summed E-state index contributed by atoms with van der Waals surface area (Å²) in [6.45, 7) is 53.5. The van der Waals surface area contributed by atoms with Gasteiger partial charge in [-0.1, -0.05) is 111 Å². The van der Waals surface area contributed by atoms with Crippen LogP contribution in [-0.2, 0) is 14.0 Å². The second kappa shape index (κ2) is 28.0. The highest BCUT2D eigenvalue weighted by atomic mass is 35.6. The number of hydrazine groups is 2. The van der Waals surface area contributed by atoms with Crippen LogP contribution < -0.4 is 36.8 Å². The largest absolute Gasteiger partial charge is 0.544 e. The summed E-state index contributed by atoms with van der Waals surface area (Å²) in [6.07, 6.45) is -1.64. The number of rotatable bonds is 14. The van der Waals surface area contributed by atoms with Crippen molar-refractivity contribution >= 4 is 105 Å². The fourth-order valence-electron chi connectivity index (χ4n) is 5.94. The molecule has 0 heterocycles. The van der Waals surface area contributed by atoms with Gasteiger partial charge in [-0.25, -0.2) is 9.69 Å². The molecule has 4 aromatic carbocycles. The van der Waals surface area contributed by atoms with Crippen LogP contribution in [0.5, 0.6) is 11.5 Å². The maximum absolute atomic E-state index is 13.5. The molecular weight excluding hydrogens is 1100 g/mol. The van der Waals surface area contributed by atoms with Crippen LogP contribution in [0.1, 0.15) is 108 Å². The Hall–Kier alpha value is -5.62. The number of amides is 4. The van der Waals surface area contributed by atoms with E-state index in [0.717, 1.165) is 0 Å². The van der Waals surface area contributed by atoms with Gasteiger partial charge in [0, 0.05) is 22.5 Å². The van der Waals surface area contributed by atoms with Gasteiger partial charge in [0.2, 0.25) is 19.7 Å². The first-order valence-electron chi connectivity index (χ1n) is 25.3. The molecule has 4 aromatic rings. The first kappa shape index (κ1) is 68.5. The summed E-state index contributed by atoms with van der Waals surface area (Å²) >= 11 is 18.7. The molecule has 0 saturated heterocycles. The Morgan fingerprint density at radius 3 is 1.28 bits per heavy atom. The summed E-state index contributed by atoms with van der Waals surface area (Å²) in [5.41, 5.74) is 13.1. The molecule has 0 fully saturated rings. The summed E-state index contributed by atoms with van der Waals surface area (Å²) in [5, 5.41) is 26.2. The molecule has 16 nitrogen and oxygen atoms in total. The van der Waals surface area contributed by atoms with E-state index in [4.69, 9.17) is 56.3 Å². The lowest BCUT2D eigenvalue weighted by atomic mass is 10.1. The molecule has 0 aliphatic heterocycles. The van der Waals surface area contributed by atoms with Crippen LogP contribution in [0.25, 0.3) is 9.69 Å². The molecule has 426 valence electrons. The molecule has 0 spiro atoms. The summed E-state index contributed by atoms with van der Waals surface area (Å²) < 4.78 is 12.9. The third-order valence-electron chi connectivity index (χ3n) is 14.2. The van der Waals surface area contributed by atoms with Crippen molar-refractivity contribution in [2.24, 2.45) is 0 Å². The third-order valence-corrected chi connectivity index (χ3v) is 29.4. The van der Waals surface area contributed by atoms with Gasteiger partial charge in [0.1, 0.15) is 23.6 Å². The van der Waals surface area contributed by atoms with Crippen LogP contribution in [0.15, 0.2) is 72.8 Å². The molecule has 4 rings (SSSR count). The average Bonchev–Trinajstić information content (AvgIpc) is 3.32. The van der Waals surface area contributed by atoms with Crippen molar-refractivity contribution in [2.75, 3.05) is 10.6 Å². The molecule has 22 heteroatoms. The van der Waals surface area contributed by atoms with E-state index in [1.54, 1.807) is 56.3 Å². The number of aliphatic hydroxyl groups excluding tert-OH is 1. The number of aliphatic hydroxyl groups is 1. The number of phenols is 1. The molecule has 4 atom stereocenters. The highest BCUT2D eigenvalue weighted by Crippen LogP contribution is 2.41. The van der Waals surface area contributed by atoms with E-state index in [1.165, 1.54) is 37.3 Å². The van der Waals surface area contributed by atoms with E-state index in [9.17, 15) is 29.4 Å². The quantitative estimate of drug-likeness (QED) is 0.0259. The highest BCUT2D eigenvalue weighted by molar-refractivity contribution is 7.20. The molecule has 78 heavy (non-hydrogen) atoms. The molecule has 0 bridgehead atoms. The molecule has 0 aromatic heterocycles. The van der Waals surface area contributed by atoms with Gasteiger partial charge in [-0.3, -0.25) is 40.9 Å². The standard InChI is InChI=1S/C31H47ClN4O4Si2.C19H19ClN4O4.C6H15ClSi/c1-20-24(18-19-25(33-9)26(20)32)34-27(21(2)39-41(10,11)30(3,4)5)29(38)36-35-28(37)22-14-16-23(17-15-22)40-42(12,13)31(6,7)8;1-10-14(8-9-15(21-3)16(10)20)22-17(11(2)25)19(28)24-23-18(27)12-4-6-13(26)7-5-12;1-6(2,3)8(4,5)7/h14-19,21,27,34H,1-8,10-13H3,(H,35,37)(H,36,38);4-9,11,17,22,25-26H,1-2H3,(H,23,27)(H,24,28);1-5H3/t21-,27+;11-,17+;/m00./s1. The number of anilines is 2. The van der Waals surface area contributed by atoms with Gasteiger partial charge < -0.3 is 29.7 Å². The number of hydrogen-bond acceptors (Lipinski definition) is 10. The van der Waals surface area contributed by atoms with E-state index in [2.05, 4.69) is 144 Å². The average molecular weight is 1180 g/mol. The predicted molar refractivity (Wildman–Crippen MR) is 326 cm³/mol. The zero-order chi connectivity index (χ0) is 60.1. The Morgan fingerprint density at radius 1 is 0.577 bits per heavy atom. The van der Waals surface area contributed by atoms with Crippen LogP contribution >= 0.6 is 34.3 Å². The lowest BCUT2D eigenvalue weighted by Crippen LogP contribution is -2.55. The van der Waals surface area contributed by atoms with Gasteiger partial charge in [0.25, 0.3) is 23.6 Å². The number of benzene rings is 4. The Morgan fingerprint density at radius 2 is 0.936 bits per heavy atom. The van der Waals surface area contributed by atoms with Gasteiger partial charge in [0.15, 0.2) is 15.7 Å². The molecule has 0 radical (unpaired) electrons. The Kier molecular flexibility index (Phi) is 24.6. The number of phenolic OH excluding ortho intramolecular Hbond substituents is 1. The summed E-state index contributed by atoms with van der Waals surface area (Å²) in [6, 6.07) is 16.8. The number of nitrogens with zero attached hydrogens (tertiary/aromatic N) is 2. The Labute approximate surface area is 480 Å². The van der Waals surface area contributed by atoms with E-state index in [0.29, 0.717) is 49.6 Å². The Balaban J connectivity index is 0.000000494. The molecule has 0 saturated carbocycles. The molecular formula is C56H81Cl3N8O8Si3. The van der Waals surface area contributed by atoms with Gasteiger partial charge in [-0.05, 0) is 141 Å². The van der Waals surface area contributed by atoms with Crippen molar-refractivity contribution < 1.29 is 38.2 Å². The van der Waals surface area contributed by atoms with Crippen molar-refractivity contribution in [2.45, 2.75) is 169 Å². The maximum atomic E-state index is 13.5. The number of aromatic hydroxyl groups is 1. The van der Waals surface area contributed by atoms with Gasteiger partial charge in [0.05, 0.1) is 35.4 Å². The lowest BCUT2D eigenvalue weighted by Gasteiger charge is -2.40. The van der Waals surface area contributed by atoms with Crippen LogP contribution in [-0.4, -0.2) is 82.2 Å². The van der Waals surface area contributed by atoms with E-state index >= 15 is 0 Å². The highest BCUT2D eigenvalue weighted by Gasteiger charge is 2.42. The first-order chi connectivity index (χ1) is 35.6. The van der Waals surface area contributed by atoms with Crippen LogP contribution in [0.2, 0.25) is 64.4 Å². The fourth-order valence-corrected chi connectivity index (χ4v) is 8.81. The molecule has 0 aliphatic carbocycles. The van der Waals surface area contributed by atoms with Crippen molar-refractivity contribution in [1.29, 1.82) is 0 Å². The number of nitrogens with one attached hydrogen (secondary N) is 6. The molecule has 0 aliphatic rings. The monoisotopic (exact) mass is 1180 g/mol. The van der Waals surface area contributed by atoms with Gasteiger partial charge in [-0.2, -0.15) is 11.1 Å². The third kappa shape index (κ3) is 19.6. The molecule has 4 amide bonds. The molecule has 0 unspecified atom stereocenters. The second-order valence-corrected chi connectivity index (χ2v) is 41.0. The minimum absolute atomic E-state index is 0.0113. The van der Waals surface area contributed by atoms with E-state index in [1.807, 2.05) is 6.92 Å². The topological polar surface area (TPSA) is 208 Å². The molecule has 8 N–H and O–H groups in total. The Bertz CT molecular complexity index is 2800. The minimum Gasteiger partial charge on any atom is -0.544 e. The summed E-state index contributed by atoms with van der Waals surface area (Å²) in [4.78, 5) is 57.7. The van der Waals surface area contributed by atoms with Crippen molar-refractivity contribution in [1.82, 2.24) is 21.7 Å². The first-order valence-corrected chi connectivity index (χ1v) is 35.9. The normalized spacial score (nSPS) is 13.4. The minimum atomic E-state index is -2.25. The van der Waals surface area contributed by atoms with Crippen molar-refractivity contribution in [3.05, 3.63) is 128 Å². The zero-order valence-electron chi connectivity index (χ0n) is 48.6. The number of carbonyl (C=O) groups excluding carboxylic acids is 4. The van der Waals surface area contributed by atoms with Gasteiger partial charge >= 0.3 is 0 Å². The van der Waals surface area contributed by atoms with Crippen molar-refractivity contribution in [3.63, 3.8) is 0 Å². The number of halogens is 3. The predicted octanol–water partition coefficient (Wildman–Crippen LogP) is 14.0. The second-order valence-electron chi connectivity index (χ2n) is 23.5. The number of carbonyl (C=O) groups is 4. The fraction of sp³-hybridized carbons (Fsp3) is 0.464.